The molecule has 1 aliphatic heterocycles. The maximum atomic E-state index is 13.7. The average molecular weight is 438 g/mol. The van der Waals surface area contributed by atoms with Gasteiger partial charge in [0, 0.05) is 47.8 Å². The van der Waals surface area contributed by atoms with Crippen molar-refractivity contribution in [1.29, 1.82) is 0 Å². The van der Waals surface area contributed by atoms with E-state index < -0.39 is 11.7 Å². The maximum Gasteiger partial charge on any atom is 0.418 e. The van der Waals surface area contributed by atoms with Gasteiger partial charge in [-0.05, 0) is 60.9 Å². The zero-order valence-corrected chi connectivity index (χ0v) is 17.3. The van der Waals surface area contributed by atoms with Gasteiger partial charge in [0.25, 0.3) is 5.91 Å². The van der Waals surface area contributed by atoms with Gasteiger partial charge in [0.2, 0.25) is 0 Å². The Hall–Kier alpha value is -3.81. The molecule has 164 valence electrons. The van der Waals surface area contributed by atoms with Crippen LogP contribution in [0.4, 0.5) is 30.2 Å². The van der Waals surface area contributed by atoms with Crippen LogP contribution in [-0.4, -0.2) is 17.4 Å². The first-order valence-electron chi connectivity index (χ1n) is 10.0. The quantitative estimate of drug-likeness (QED) is 0.447. The van der Waals surface area contributed by atoms with Crippen LogP contribution in [0.5, 0.6) is 0 Å². The number of hydrogen-bond donors (Lipinski definition) is 3. The maximum absolute atomic E-state index is 13.7. The average Bonchev–Trinajstić information content (AvgIpc) is 3.09. The molecule has 1 aromatic heterocycles. The van der Waals surface area contributed by atoms with Crippen molar-refractivity contribution in [3.8, 4) is 0 Å². The highest BCUT2D eigenvalue weighted by atomic mass is 19.4. The Bertz CT molecular complexity index is 1170. The Balaban J connectivity index is 1.53. The SMILES string of the molecule is Cc1cccc2c1C(=CNc1ccc(NCCc3ccncc3)c(C(F)(F)F)c1)C(=O)N2. The lowest BCUT2D eigenvalue weighted by Gasteiger charge is -2.16. The first-order valence-corrected chi connectivity index (χ1v) is 10.0. The van der Waals surface area contributed by atoms with Gasteiger partial charge < -0.3 is 16.0 Å². The summed E-state index contributed by atoms with van der Waals surface area (Å²) in [6, 6.07) is 13.1. The highest BCUT2D eigenvalue weighted by Gasteiger charge is 2.34. The van der Waals surface area contributed by atoms with Crippen molar-refractivity contribution >= 4 is 28.5 Å². The topological polar surface area (TPSA) is 66.0 Å². The van der Waals surface area contributed by atoms with Crippen LogP contribution in [0, 0.1) is 6.92 Å². The third-order valence-electron chi connectivity index (χ3n) is 5.22. The standard InChI is InChI=1S/C24H21F3N4O/c1-15-3-2-4-21-22(15)18(23(32)31-21)14-30-17-5-6-20(19(13-17)24(25,26)27)29-12-9-16-7-10-28-11-8-16/h2-8,10-11,13-14,29-30H,9,12H2,1H3,(H,31,32). The van der Waals surface area contributed by atoms with Gasteiger partial charge in [-0.15, -0.1) is 0 Å². The molecule has 2 aromatic carbocycles. The lowest BCUT2D eigenvalue weighted by Crippen LogP contribution is -2.13. The number of anilines is 3. The molecular weight excluding hydrogens is 417 g/mol. The Morgan fingerprint density at radius 1 is 1.09 bits per heavy atom. The van der Waals surface area contributed by atoms with Gasteiger partial charge in [-0.1, -0.05) is 12.1 Å². The van der Waals surface area contributed by atoms with Crippen LogP contribution < -0.4 is 16.0 Å². The number of halogens is 3. The van der Waals surface area contributed by atoms with Crippen LogP contribution in [-0.2, 0) is 17.4 Å². The van der Waals surface area contributed by atoms with Gasteiger partial charge in [-0.2, -0.15) is 13.2 Å². The van der Waals surface area contributed by atoms with Crippen LogP contribution in [0.2, 0.25) is 0 Å². The number of benzene rings is 2. The number of nitrogens with zero attached hydrogens (tertiary/aromatic N) is 1. The van der Waals surface area contributed by atoms with Gasteiger partial charge in [0.1, 0.15) is 0 Å². The molecule has 0 radical (unpaired) electrons. The molecule has 0 aliphatic carbocycles. The second kappa shape index (κ2) is 8.74. The number of carbonyl (C=O) groups is 1. The Morgan fingerprint density at radius 3 is 2.62 bits per heavy atom. The van der Waals surface area contributed by atoms with Crippen LogP contribution in [0.3, 0.4) is 0 Å². The van der Waals surface area contributed by atoms with Gasteiger partial charge in [-0.3, -0.25) is 9.78 Å². The highest BCUT2D eigenvalue weighted by Crippen LogP contribution is 2.37. The van der Waals surface area contributed by atoms with Crippen molar-refractivity contribution in [2.45, 2.75) is 19.5 Å². The summed E-state index contributed by atoms with van der Waals surface area (Å²) in [4.78, 5) is 16.2. The fourth-order valence-electron chi connectivity index (χ4n) is 3.64. The molecule has 32 heavy (non-hydrogen) atoms. The fraction of sp³-hybridized carbons (Fsp3) is 0.167. The fourth-order valence-corrected chi connectivity index (χ4v) is 3.64. The van der Waals surface area contributed by atoms with Gasteiger partial charge in [-0.25, -0.2) is 0 Å². The summed E-state index contributed by atoms with van der Waals surface area (Å²) in [6.45, 7) is 2.22. The van der Waals surface area contributed by atoms with Gasteiger partial charge in [0.05, 0.1) is 11.1 Å². The van der Waals surface area contributed by atoms with E-state index in [2.05, 4.69) is 20.9 Å². The molecule has 8 heteroatoms. The predicted octanol–water partition coefficient (Wildman–Crippen LogP) is 5.47. The number of aryl methyl sites for hydroxylation is 1. The molecule has 0 saturated carbocycles. The van der Waals surface area contributed by atoms with E-state index in [1.165, 1.54) is 12.3 Å². The van der Waals surface area contributed by atoms with Crippen LogP contribution in [0.25, 0.3) is 5.57 Å². The van der Waals surface area contributed by atoms with Crippen LogP contribution in [0.15, 0.2) is 67.1 Å². The zero-order chi connectivity index (χ0) is 22.7. The number of hydrogen-bond acceptors (Lipinski definition) is 4. The van der Waals surface area contributed by atoms with Crippen molar-refractivity contribution in [3.63, 3.8) is 0 Å². The second-order valence-electron chi connectivity index (χ2n) is 7.44. The first kappa shape index (κ1) is 21.4. The van der Waals surface area contributed by atoms with Crippen molar-refractivity contribution in [1.82, 2.24) is 4.98 Å². The van der Waals surface area contributed by atoms with E-state index in [4.69, 9.17) is 0 Å². The molecule has 0 fully saturated rings. The van der Waals surface area contributed by atoms with Gasteiger partial charge >= 0.3 is 6.18 Å². The van der Waals surface area contributed by atoms with Crippen LogP contribution in [0.1, 0.15) is 22.3 Å². The number of pyridine rings is 1. The number of carbonyl (C=O) groups excluding carboxylic acids is 1. The predicted molar refractivity (Wildman–Crippen MR) is 119 cm³/mol. The normalized spacial score (nSPS) is 14.2. The lowest BCUT2D eigenvalue weighted by atomic mass is 10.0. The first-order chi connectivity index (χ1) is 15.3. The lowest BCUT2D eigenvalue weighted by molar-refractivity contribution is -0.136. The number of fused-ring (bicyclic) bond motifs is 1. The Labute approximate surface area is 183 Å². The summed E-state index contributed by atoms with van der Waals surface area (Å²) in [5.41, 5.74) is 3.16. The molecule has 2 heterocycles. The molecule has 5 nitrogen and oxygen atoms in total. The van der Waals surface area contributed by atoms with Crippen molar-refractivity contribution < 1.29 is 18.0 Å². The summed E-state index contributed by atoms with van der Waals surface area (Å²) in [5.74, 6) is -0.299. The molecule has 3 N–H and O–H groups in total. The van der Waals surface area contributed by atoms with E-state index in [9.17, 15) is 18.0 Å². The monoisotopic (exact) mass is 438 g/mol. The summed E-state index contributed by atoms with van der Waals surface area (Å²) >= 11 is 0. The molecule has 0 saturated heterocycles. The number of nitrogens with one attached hydrogen (secondary N) is 3. The summed E-state index contributed by atoms with van der Waals surface area (Å²) in [6.07, 6.45) is 0.781. The number of aromatic nitrogens is 1. The number of alkyl halides is 3. The summed E-state index contributed by atoms with van der Waals surface area (Å²) < 4.78 is 41.0. The number of amides is 1. The molecule has 0 spiro atoms. The number of rotatable bonds is 6. The molecule has 1 aliphatic rings. The smallest absolute Gasteiger partial charge is 0.384 e. The summed E-state index contributed by atoms with van der Waals surface area (Å²) in [5, 5.41) is 8.49. The molecule has 4 rings (SSSR count). The van der Waals surface area contributed by atoms with Crippen molar-refractivity contribution in [3.05, 3.63) is 89.4 Å². The molecule has 0 bridgehead atoms. The molecular formula is C24H21F3N4O. The molecule has 0 unspecified atom stereocenters. The zero-order valence-electron chi connectivity index (χ0n) is 17.3. The van der Waals surface area contributed by atoms with Crippen LogP contribution >= 0.6 is 0 Å². The molecule has 3 aromatic rings. The third-order valence-corrected chi connectivity index (χ3v) is 5.22. The molecule has 1 amide bonds. The minimum absolute atomic E-state index is 0.00422. The highest BCUT2D eigenvalue weighted by molar-refractivity contribution is 6.32. The van der Waals surface area contributed by atoms with E-state index in [0.717, 1.165) is 22.8 Å². The van der Waals surface area contributed by atoms with Crippen molar-refractivity contribution in [2.75, 3.05) is 22.5 Å². The second-order valence-corrected chi connectivity index (χ2v) is 7.44. The summed E-state index contributed by atoms with van der Waals surface area (Å²) in [7, 11) is 0. The van der Waals surface area contributed by atoms with E-state index in [0.29, 0.717) is 24.2 Å². The van der Waals surface area contributed by atoms with E-state index in [-0.39, 0.29) is 17.3 Å². The molecule has 0 atom stereocenters. The Kier molecular flexibility index (Phi) is 5.85. The Morgan fingerprint density at radius 2 is 1.88 bits per heavy atom. The third kappa shape index (κ3) is 4.59. The van der Waals surface area contributed by atoms with Gasteiger partial charge in [0.15, 0.2) is 0 Å². The van der Waals surface area contributed by atoms with E-state index in [1.54, 1.807) is 24.5 Å². The van der Waals surface area contributed by atoms with E-state index in [1.807, 2.05) is 31.2 Å². The van der Waals surface area contributed by atoms with Crippen molar-refractivity contribution in [2.24, 2.45) is 0 Å². The van der Waals surface area contributed by atoms with E-state index >= 15 is 0 Å². The minimum atomic E-state index is -4.53. The minimum Gasteiger partial charge on any atom is -0.384 e. The largest absolute Gasteiger partial charge is 0.418 e.